The predicted octanol–water partition coefficient (Wildman–Crippen LogP) is 8.43. The van der Waals surface area contributed by atoms with E-state index in [9.17, 15) is 63.9 Å². The highest BCUT2D eigenvalue weighted by Gasteiger charge is 2.57. The lowest BCUT2D eigenvalue weighted by Gasteiger charge is -2.38. The lowest BCUT2D eigenvalue weighted by molar-refractivity contribution is -0.153. The Morgan fingerprint density at radius 3 is 1.30 bits per heavy atom. The maximum atomic E-state index is 14.7. The van der Waals surface area contributed by atoms with Gasteiger partial charge in [0.2, 0.25) is 23.6 Å². The summed E-state index contributed by atoms with van der Waals surface area (Å²) in [5.41, 5.74) is 1.27. The molecule has 18 nitrogen and oxygen atoms in total. The van der Waals surface area contributed by atoms with E-state index in [1.807, 2.05) is 0 Å². The minimum atomic E-state index is -4.43. The fraction of sp³-hybridized carbons (Fsp3) is 0.444. The summed E-state index contributed by atoms with van der Waals surface area (Å²) in [5.74, 6) is -4.32. The highest BCUT2D eigenvalue weighted by molar-refractivity contribution is 6.34. The Kier molecular flexibility index (Phi) is 14.7. The maximum Gasteiger partial charge on any atom is 0.391 e. The Hall–Kier alpha value is -7.48. The fourth-order valence-corrected chi connectivity index (χ4v) is 13.5. The Labute approximate surface area is 471 Å². The molecular weight excluding hydrogens is 1140 g/mol. The number of nitrogens with one attached hydrogen (secondary N) is 2. The zero-order valence-corrected chi connectivity index (χ0v) is 44.9. The maximum absolute atomic E-state index is 14.7. The summed E-state index contributed by atoms with van der Waals surface area (Å²) >= 11 is 12.8. The van der Waals surface area contributed by atoms with Gasteiger partial charge in [-0.2, -0.15) is 36.5 Å². The number of benzene rings is 2. The number of aromatic amines is 2. The van der Waals surface area contributed by atoms with Gasteiger partial charge >= 0.3 is 12.4 Å². The lowest BCUT2D eigenvalue weighted by atomic mass is 9.73. The SMILES string of the molecule is O=C(c1ccc2[nH]ncc2n1)N1CCC2(CC1)C(=O)N(CC(=O)N1CCC[C@@H]1CC(F)(F)F)c1ccc(F)c(Cl)c12.O=C(c1ccc2[nH]ncc2n1)N1CCC2(CC1)C(=O)N(CC(=O)N1CCC[C@H]1CC(F)(F)F)c1ccc(F)c(Cl)c12. The molecule has 10 heterocycles. The molecule has 4 saturated heterocycles. The van der Waals surface area contributed by atoms with Crippen LogP contribution in [0.15, 0.2) is 60.9 Å². The van der Waals surface area contributed by atoms with Crippen molar-refractivity contribution in [1.29, 1.82) is 0 Å². The van der Waals surface area contributed by atoms with Crippen LogP contribution in [0.1, 0.15) is 96.3 Å². The first-order valence-electron chi connectivity index (χ1n) is 26.5. The molecule has 0 radical (unpaired) electrons. The molecule has 6 aromatic rings. The van der Waals surface area contributed by atoms with Crippen LogP contribution >= 0.6 is 23.2 Å². The first-order chi connectivity index (χ1) is 39.0. The van der Waals surface area contributed by atoms with E-state index in [1.165, 1.54) is 44.1 Å². The van der Waals surface area contributed by atoms with Gasteiger partial charge in [-0.1, -0.05) is 23.2 Å². The van der Waals surface area contributed by atoms with Crippen molar-refractivity contribution in [1.82, 2.24) is 50.0 Å². The fourth-order valence-electron chi connectivity index (χ4n) is 12.8. The average molecular weight is 1190 g/mol. The van der Waals surface area contributed by atoms with Crippen LogP contribution in [-0.2, 0) is 30.0 Å². The number of likely N-dealkylation sites (tertiary alicyclic amines) is 4. The van der Waals surface area contributed by atoms with E-state index in [4.69, 9.17) is 23.2 Å². The molecule has 12 rings (SSSR count). The highest BCUT2D eigenvalue weighted by atomic mass is 35.5. The van der Waals surface area contributed by atoms with Crippen LogP contribution in [0.3, 0.4) is 0 Å². The van der Waals surface area contributed by atoms with Crippen molar-refractivity contribution in [3.63, 3.8) is 0 Å². The number of H-pyrrole nitrogens is 2. The second-order valence-electron chi connectivity index (χ2n) is 21.4. The van der Waals surface area contributed by atoms with Crippen LogP contribution in [0.5, 0.6) is 0 Å². The van der Waals surface area contributed by atoms with Crippen LogP contribution in [0.4, 0.5) is 46.5 Å². The van der Waals surface area contributed by atoms with E-state index in [-0.39, 0.29) is 134 Å². The third-order valence-corrected chi connectivity index (χ3v) is 17.5. The van der Waals surface area contributed by atoms with Gasteiger partial charge in [-0.05, 0) is 99.9 Å². The first-order valence-corrected chi connectivity index (χ1v) is 27.2. The summed E-state index contributed by atoms with van der Waals surface area (Å²) < 4.78 is 108. The molecule has 2 spiro atoms. The number of rotatable bonds is 8. The normalized spacial score (nSPS) is 20.4. The number of hydrogen-bond acceptors (Lipinski definition) is 10. The minimum absolute atomic E-state index is 0.118. The van der Waals surface area contributed by atoms with Crippen molar-refractivity contribution in [2.24, 2.45) is 0 Å². The number of alkyl halides is 6. The van der Waals surface area contributed by atoms with Crippen LogP contribution in [0.2, 0.25) is 10.0 Å². The molecule has 6 aliphatic heterocycles. The van der Waals surface area contributed by atoms with Gasteiger partial charge in [-0.3, -0.25) is 39.0 Å². The number of aromatic nitrogens is 6. The van der Waals surface area contributed by atoms with Gasteiger partial charge in [-0.25, -0.2) is 18.7 Å². The number of hydrogen-bond donors (Lipinski definition) is 2. The molecule has 0 aliphatic carbocycles. The van der Waals surface area contributed by atoms with Crippen molar-refractivity contribution in [2.75, 3.05) is 62.2 Å². The monoisotopic (exact) mass is 1180 g/mol. The highest BCUT2D eigenvalue weighted by Crippen LogP contribution is 2.53. The van der Waals surface area contributed by atoms with E-state index in [1.54, 1.807) is 34.1 Å². The van der Waals surface area contributed by atoms with Crippen molar-refractivity contribution in [2.45, 2.75) is 99.5 Å². The molecule has 432 valence electrons. The van der Waals surface area contributed by atoms with E-state index < -0.39 is 96.5 Å². The molecule has 2 aromatic carbocycles. The molecule has 28 heteroatoms. The van der Waals surface area contributed by atoms with Gasteiger partial charge in [0, 0.05) is 62.5 Å². The number of carbonyl (C=O) groups is 6. The summed E-state index contributed by atoms with van der Waals surface area (Å²) in [4.78, 5) is 97.5. The summed E-state index contributed by atoms with van der Waals surface area (Å²) in [6, 6.07) is 9.51. The number of piperidine rings is 2. The van der Waals surface area contributed by atoms with Crippen LogP contribution in [0, 0.1) is 11.6 Å². The number of fused-ring (bicyclic) bond motifs is 6. The molecule has 0 bridgehead atoms. The molecule has 0 saturated carbocycles. The Morgan fingerprint density at radius 1 is 0.561 bits per heavy atom. The molecule has 2 N–H and O–H groups in total. The van der Waals surface area contributed by atoms with Gasteiger partial charge in [0.05, 0.1) is 68.5 Å². The molecule has 4 fully saturated rings. The Bertz CT molecular complexity index is 3330. The number of amides is 6. The molecular formula is C54H50Cl2F8N12O6. The molecule has 2 atom stereocenters. The number of halogens is 10. The Balaban J connectivity index is 0.000000172. The van der Waals surface area contributed by atoms with Crippen LogP contribution < -0.4 is 9.80 Å². The Morgan fingerprint density at radius 2 is 0.939 bits per heavy atom. The number of anilines is 2. The smallest absolute Gasteiger partial charge is 0.338 e. The zero-order chi connectivity index (χ0) is 58.2. The van der Waals surface area contributed by atoms with Crippen molar-refractivity contribution in [3.05, 3.63) is 105 Å². The number of nitrogens with zero attached hydrogens (tertiary/aromatic N) is 10. The second kappa shape index (κ2) is 21.4. The molecule has 6 aliphatic rings. The van der Waals surface area contributed by atoms with Crippen molar-refractivity contribution in [3.8, 4) is 0 Å². The van der Waals surface area contributed by atoms with Gasteiger partial charge < -0.3 is 29.4 Å². The van der Waals surface area contributed by atoms with E-state index in [0.29, 0.717) is 34.9 Å². The van der Waals surface area contributed by atoms with Gasteiger partial charge in [0.25, 0.3) is 11.8 Å². The summed E-state index contributed by atoms with van der Waals surface area (Å²) in [7, 11) is 0. The summed E-state index contributed by atoms with van der Waals surface area (Å²) in [6.07, 6.45) is -6.28. The summed E-state index contributed by atoms with van der Waals surface area (Å²) in [6.45, 7) is -0.0680. The largest absolute Gasteiger partial charge is 0.391 e. The summed E-state index contributed by atoms with van der Waals surface area (Å²) in [5, 5.41) is 12.9. The van der Waals surface area contributed by atoms with Crippen molar-refractivity contribution >= 4 is 92.1 Å². The van der Waals surface area contributed by atoms with Gasteiger partial charge in [-0.15, -0.1) is 0 Å². The lowest BCUT2D eigenvalue weighted by Crippen LogP contribution is -2.52. The standard InChI is InChI=1S/2C27H25ClF4N6O3/c2*28-23-16(29)3-6-20-22(23)26(25(41)38(20)14-21(39)37-9-1-2-15(37)12-27(30,31)32)7-10-36(11-8-26)24(40)18-5-4-17-19(34-18)13-33-35-17/h2*3-6,13,15H,1-2,7-12,14H2,(H,33,35)/t2*15-/m10/s1. The third-order valence-electron chi connectivity index (χ3n) is 16.7. The topological polar surface area (TPSA) is 205 Å². The van der Waals surface area contributed by atoms with Gasteiger partial charge in [0.1, 0.15) is 47.1 Å². The average Bonchev–Trinajstić information content (AvgIpc) is 3.56. The predicted molar refractivity (Wildman–Crippen MR) is 280 cm³/mol. The molecule has 4 aromatic heterocycles. The first kappa shape index (κ1) is 56.4. The van der Waals surface area contributed by atoms with Crippen LogP contribution in [-0.4, -0.2) is 162 Å². The zero-order valence-electron chi connectivity index (χ0n) is 43.4. The van der Waals surface area contributed by atoms with Crippen molar-refractivity contribution < 1.29 is 63.9 Å². The third kappa shape index (κ3) is 10.2. The number of carbonyl (C=O) groups excluding carboxylic acids is 6. The quantitative estimate of drug-likeness (QED) is 0.139. The number of pyridine rings is 2. The molecule has 6 amide bonds. The van der Waals surface area contributed by atoms with Crippen LogP contribution in [0.25, 0.3) is 22.1 Å². The van der Waals surface area contributed by atoms with Gasteiger partial charge in [0.15, 0.2) is 0 Å². The molecule has 0 unspecified atom stereocenters. The van der Waals surface area contributed by atoms with E-state index >= 15 is 0 Å². The van der Waals surface area contributed by atoms with E-state index in [0.717, 1.165) is 12.1 Å². The minimum Gasteiger partial charge on any atom is -0.338 e. The molecule has 82 heavy (non-hydrogen) atoms. The second-order valence-corrected chi connectivity index (χ2v) is 22.2. The van der Waals surface area contributed by atoms with E-state index in [2.05, 4.69) is 30.4 Å².